The van der Waals surface area contributed by atoms with Gasteiger partial charge in [-0.2, -0.15) is 4.31 Å². The normalized spacial score (nSPS) is 14.0. The fourth-order valence-corrected chi connectivity index (χ4v) is 5.14. The van der Waals surface area contributed by atoms with Crippen LogP contribution in [-0.4, -0.2) is 47.7 Å². The molecule has 9 nitrogen and oxygen atoms in total. The highest BCUT2D eigenvalue weighted by Crippen LogP contribution is 2.24. The van der Waals surface area contributed by atoms with E-state index in [1.165, 1.54) is 44.7 Å². The van der Waals surface area contributed by atoms with Crippen LogP contribution in [0.25, 0.3) is 11.0 Å². The summed E-state index contributed by atoms with van der Waals surface area (Å²) < 4.78 is 28.9. The summed E-state index contributed by atoms with van der Waals surface area (Å²) in [5, 5.41) is 5.36. The van der Waals surface area contributed by atoms with Crippen molar-refractivity contribution in [2.24, 2.45) is 0 Å². The van der Waals surface area contributed by atoms with Gasteiger partial charge >= 0.3 is 0 Å². The van der Waals surface area contributed by atoms with Crippen LogP contribution in [-0.2, 0) is 32.6 Å². The monoisotopic (exact) mass is 469 g/mol. The SMILES string of the molecule is CC(=O)Nc1ccc(S(=O)(=O)N(C)CC(=O)Nc2ccc3c(c2)nc2n3CCCCC2)cc1. The molecule has 3 aromatic rings. The van der Waals surface area contributed by atoms with Gasteiger partial charge in [0, 0.05) is 38.3 Å². The van der Waals surface area contributed by atoms with Crippen LogP contribution >= 0.6 is 0 Å². The minimum absolute atomic E-state index is 0.0350. The van der Waals surface area contributed by atoms with E-state index in [1.54, 1.807) is 0 Å². The van der Waals surface area contributed by atoms with E-state index in [0.29, 0.717) is 11.4 Å². The van der Waals surface area contributed by atoms with Gasteiger partial charge in [-0.15, -0.1) is 0 Å². The van der Waals surface area contributed by atoms with E-state index in [-0.39, 0.29) is 17.3 Å². The molecule has 0 saturated carbocycles. The third-order valence-corrected chi connectivity index (χ3v) is 7.46. The van der Waals surface area contributed by atoms with E-state index in [0.717, 1.165) is 47.0 Å². The van der Waals surface area contributed by atoms with E-state index in [1.807, 2.05) is 18.2 Å². The minimum atomic E-state index is -3.87. The van der Waals surface area contributed by atoms with Crippen LogP contribution in [0, 0.1) is 0 Å². The van der Waals surface area contributed by atoms with E-state index >= 15 is 0 Å². The molecule has 10 heteroatoms. The second-order valence-electron chi connectivity index (χ2n) is 8.21. The molecular weight excluding hydrogens is 442 g/mol. The van der Waals surface area contributed by atoms with Crippen LogP contribution in [0.15, 0.2) is 47.4 Å². The number of nitrogens with one attached hydrogen (secondary N) is 2. The standard InChI is InChI=1S/C23H27N5O4S/c1-16(29)24-17-7-10-19(11-8-17)33(31,32)27(2)15-23(30)25-18-9-12-21-20(14-18)26-22-6-4-3-5-13-28(21)22/h7-12,14H,3-6,13,15H2,1-2H3,(H,24,29)(H,25,30). The molecule has 0 radical (unpaired) electrons. The number of nitrogens with zero attached hydrogens (tertiary/aromatic N) is 3. The van der Waals surface area contributed by atoms with Crippen LogP contribution in [0.4, 0.5) is 11.4 Å². The van der Waals surface area contributed by atoms with Crippen LogP contribution in [0.5, 0.6) is 0 Å². The summed E-state index contributed by atoms with van der Waals surface area (Å²) in [7, 11) is -2.51. The number of sulfonamides is 1. The molecule has 2 amide bonds. The second-order valence-corrected chi connectivity index (χ2v) is 10.3. The summed E-state index contributed by atoms with van der Waals surface area (Å²) in [4.78, 5) is 28.4. The molecule has 33 heavy (non-hydrogen) atoms. The number of carbonyl (C=O) groups excluding carboxylic acids is 2. The Bertz CT molecular complexity index is 1300. The van der Waals surface area contributed by atoms with Crippen molar-refractivity contribution in [1.82, 2.24) is 13.9 Å². The summed E-state index contributed by atoms with van der Waals surface area (Å²) in [6.07, 6.45) is 4.41. The summed E-state index contributed by atoms with van der Waals surface area (Å²) in [5.41, 5.74) is 2.94. The van der Waals surface area contributed by atoms with Gasteiger partial charge in [-0.3, -0.25) is 9.59 Å². The lowest BCUT2D eigenvalue weighted by atomic mass is 10.2. The molecule has 0 unspecified atom stereocenters. The molecule has 4 rings (SSSR count). The molecule has 2 aromatic carbocycles. The van der Waals surface area contributed by atoms with Crippen molar-refractivity contribution in [3.63, 3.8) is 0 Å². The van der Waals surface area contributed by atoms with Gasteiger partial charge in [0.1, 0.15) is 5.82 Å². The topological polar surface area (TPSA) is 113 Å². The zero-order valence-electron chi connectivity index (χ0n) is 18.7. The lowest BCUT2D eigenvalue weighted by Crippen LogP contribution is -2.34. The minimum Gasteiger partial charge on any atom is -0.328 e. The highest BCUT2D eigenvalue weighted by atomic mass is 32.2. The zero-order valence-corrected chi connectivity index (χ0v) is 19.5. The van der Waals surface area contributed by atoms with Crippen molar-refractivity contribution in [2.45, 2.75) is 44.0 Å². The first-order valence-corrected chi connectivity index (χ1v) is 12.3. The van der Waals surface area contributed by atoms with Crippen molar-refractivity contribution in [1.29, 1.82) is 0 Å². The molecular formula is C23H27N5O4S. The van der Waals surface area contributed by atoms with Gasteiger partial charge in [0.25, 0.3) is 0 Å². The van der Waals surface area contributed by atoms with Gasteiger partial charge in [-0.25, -0.2) is 13.4 Å². The number of aromatic nitrogens is 2. The van der Waals surface area contributed by atoms with Crippen molar-refractivity contribution in [3.05, 3.63) is 48.3 Å². The molecule has 1 aliphatic heterocycles. The van der Waals surface area contributed by atoms with Gasteiger partial charge in [0.05, 0.1) is 22.5 Å². The molecule has 0 fully saturated rings. The average molecular weight is 470 g/mol. The molecule has 0 bridgehead atoms. The Morgan fingerprint density at radius 1 is 1.03 bits per heavy atom. The Morgan fingerprint density at radius 3 is 2.48 bits per heavy atom. The fraction of sp³-hybridized carbons (Fsp3) is 0.348. The Kier molecular flexibility index (Phi) is 6.48. The zero-order chi connectivity index (χ0) is 23.6. The van der Waals surface area contributed by atoms with Gasteiger partial charge in [0.2, 0.25) is 21.8 Å². The smallest absolute Gasteiger partial charge is 0.243 e. The lowest BCUT2D eigenvalue weighted by Gasteiger charge is -2.17. The Morgan fingerprint density at radius 2 is 1.76 bits per heavy atom. The molecule has 0 atom stereocenters. The van der Waals surface area contributed by atoms with E-state index in [4.69, 9.17) is 4.98 Å². The number of rotatable bonds is 6. The number of anilines is 2. The molecule has 0 aliphatic carbocycles. The van der Waals surface area contributed by atoms with Gasteiger partial charge < -0.3 is 15.2 Å². The first kappa shape index (κ1) is 22.9. The average Bonchev–Trinajstić information content (AvgIpc) is 2.93. The first-order valence-electron chi connectivity index (χ1n) is 10.9. The van der Waals surface area contributed by atoms with Crippen LogP contribution in [0.1, 0.15) is 32.0 Å². The van der Waals surface area contributed by atoms with Crippen LogP contribution in [0.2, 0.25) is 0 Å². The maximum atomic E-state index is 12.8. The van der Waals surface area contributed by atoms with E-state index < -0.39 is 15.9 Å². The Balaban J connectivity index is 1.43. The third-order valence-electron chi connectivity index (χ3n) is 5.64. The fourth-order valence-electron chi connectivity index (χ4n) is 4.01. The van der Waals surface area contributed by atoms with E-state index in [2.05, 4.69) is 15.2 Å². The molecule has 174 valence electrons. The van der Waals surface area contributed by atoms with Gasteiger partial charge in [-0.1, -0.05) is 6.42 Å². The summed E-state index contributed by atoms with van der Waals surface area (Å²) in [6, 6.07) is 11.4. The number of hydrogen-bond acceptors (Lipinski definition) is 5. The molecule has 2 heterocycles. The number of fused-ring (bicyclic) bond motifs is 3. The predicted molar refractivity (Wildman–Crippen MR) is 126 cm³/mol. The number of carbonyl (C=O) groups is 2. The number of aryl methyl sites for hydroxylation is 2. The summed E-state index contributed by atoms with van der Waals surface area (Å²) in [6.45, 7) is 1.98. The summed E-state index contributed by atoms with van der Waals surface area (Å²) in [5.74, 6) is 0.376. The molecule has 0 saturated heterocycles. The molecule has 2 N–H and O–H groups in total. The van der Waals surface area contributed by atoms with Crippen molar-refractivity contribution >= 4 is 44.2 Å². The first-order chi connectivity index (χ1) is 15.7. The molecule has 0 spiro atoms. The largest absolute Gasteiger partial charge is 0.328 e. The number of likely N-dealkylation sites (N-methyl/N-ethyl adjacent to an activating group) is 1. The molecule has 1 aliphatic rings. The predicted octanol–water partition coefficient (Wildman–Crippen LogP) is 2.98. The lowest BCUT2D eigenvalue weighted by molar-refractivity contribution is -0.116. The molecule has 1 aromatic heterocycles. The quantitative estimate of drug-likeness (QED) is 0.576. The maximum Gasteiger partial charge on any atom is 0.243 e. The van der Waals surface area contributed by atoms with Gasteiger partial charge in [0.15, 0.2) is 0 Å². The Labute approximate surface area is 192 Å². The number of benzene rings is 2. The van der Waals surface area contributed by atoms with Crippen molar-refractivity contribution < 1.29 is 18.0 Å². The summed E-state index contributed by atoms with van der Waals surface area (Å²) >= 11 is 0. The van der Waals surface area contributed by atoms with Crippen LogP contribution < -0.4 is 10.6 Å². The van der Waals surface area contributed by atoms with Gasteiger partial charge in [-0.05, 0) is 55.3 Å². The number of amides is 2. The number of imidazole rings is 1. The number of hydrogen-bond donors (Lipinski definition) is 2. The maximum absolute atomic E-state index is 12.8. The third kappa shape index (κ3) is 5.07. The highest BCUT2D eigenvalue weighted by molar-refractivity contribution is 7.89. The second kappa shape index (κ2) is 9.32. The highest BCUT2D eigenvalue weighted by Gasteiger charge is 2.23. The van der Waals surface area contributed by atoms with Crippen LogP contribution in [0.3, 0.4) is 0 Å². The van der Waals surface area contributed by atoms with E-state index in [9.17, 15) is 18.0 Å². The Hall–Kier alpha value is -3.24. The van der Waals surface area contributed by atoms with Crippen molar-refractivity contribution in [3.8, 4) is 0 Å². The van der Waals surface area contributed by atoms with Crippen molar-refractivity contribution in [2.75, 3.05) is 24.2 Å².